The molecular formula is C13H16BrN. The lowest BCUT2D eigenvalue weighted by atomic mass is 9.69. The number of hydrogen-bond donors (Lipinski definition) is 1. The number of fused-ring (bicyclic) bond motifs is 2. The van der Waals surface area contributed by atoms with E-state index < -0.39 is 0 Å². The highest BCUT2D eigenvalue weighted by Crippen LogP contribution is 2.43. The lowest BCUT2D eigenvalue weighted by Gasteiger charge is -2.35. The molecule has 15 heavy (non-hydrogen) atoms. The first-order chi connectivity index (χ1) is 7.32. The lowest BCUT2D eigenvalue weighted by molar-refractivity contribution is 0.392. The van der Waals surface area contributed by atoms with Crippen LogP contribution in [0, 0.1) is 0 Å². The van der Waals surface area contributed by atoms with Gasteiger partial charge in [-0.3, -0.25) is 0 Å². The second kappa shape index (κ2) is 3.60. The average molecular weight is 266 g/mol. The predicted molar refractivity (Wildman–Crippen MR) is 66.2 cm³/mol. The van der Waals surface area contributed by atoms with Crippen LogP contribution in [-0.4, -0.2) is 13.1 Å². The third-order valence-electron chi connectivity index (χ3n) is 4.02. The van der Waals surface area contributed by atoms with Crippen molar-refractivity contribution in [1.29, 1.82) is 0 Å². The standard InChI is InChI=1S/C13H16BrN/c14-12-5-1-4-11-10(12)3-2-6-13(11)7-8-15-9-13/h1,4-5,15H,2-3,6-9H2. The first-order valence-electron chi connectivity index (χ1n) is 5.80. The Hall–Kier alpha value is -0.340. The number of nitrogens with one attached hydrogen (secondary N) is 1. The fourth-order valence-corrected chi connectivity index (χ4v) is 3.80. The van der Waals surface area contributed by atoms with Crippen molar-refractivity contribution in [1.82, 2.24) is 5.32 Å². The fourth-order valence-electron chi connectivity index (χ4n) is 3.23. The Balaban J connectivity index is 2.14. The van der Waals surface area contributed by atoms with Gasteiger partial charge in [-0.15, -0.1) is 0 Å². The molecule has 0 aromatic heterocycles. The van der Waals surface area contributed by atoms with E-state index in [1.807, 2.05) is 0 Å². The maximum Gasteiger partial charge on any atom is 0.0210 e. The third-order valence-corrected chi connectivity index (χ3v) is 4.76. The molecule has 1 unspecified atom stereocenters. The number of hydrogen-bond acceptors (Lipinski definition) is 1. The summed E-state index contributed by atoms with van der Waals surface area (Å²) in [6, 6.07) is 6.71. The third kappa shape index (κ3) is 1.46. The Morgan fingerprint density at radius 2 is 2.20 bits per heavy atom. The second-order valence-electron chi connectivity index (χ2n) is 4.83. The molecule has 1 heterocycles. The molecule has 1 aromatic carbocycles. The van der Waals surface area contributed by atoms with Crippen molar-refractivity contribution in [3.05, 3.63) is 33.8 Å². The van der Waals surface area contributed by atoms with Gasteiger partial charge in [0.15, 0.2) is 0 Å². The second-order valence-corrected chi connectivity index (χ2v) is 5.68. The quantitative estimate of drug-likeness (QED) is 0.761. The number of rotatable bonds is 0. The molecular weight excluding hydrogens is 250 g/mol. The molecule has 2 heteroatoms. The molecule has 0 saturated carbocycles. The molecule has 0 amide bonds. The first-order valence-corrected chi connectivity index (χ1v) is 6.60. The van der Waals surface area contributed by atoms with Crippen molar-refractivity contribution >= 4 is 15.9 Å². The smallest absolute Gasteiger partial charge is 0.0210 e. The molecule has 2 aliphatic rings. The maximum absolute atomic E-state index is 3.69. The molecule has 0 radical (unpaired) electrons. The van der Waals surface area contributed by atoms with E-state index >= 15 is 0 Å². The van der Waals surface area contributed by atoms with Crippen LogP contribution in [0.1, 0.15) is 30.4 Å². The molecule has 1 aliphatic carbocycles. The summed E-state index contributed by atoms with van der Waals surface area (Å²) in [5, 5.41) is 3.53. The zero-order chi connectivity index (χ0) is 10.3. The van der Waals surface area contributed by atoms with Gasteiger partial charge in [-0.2, -0.15) is 0 Å². The summed E-state index contributed by atoms with van der Waals surface area (Å²) in [5.41, 5.74) is 3.62. The first kappa shape index (κ1) is 9.86. The maximum atomic E-state index is 3.69. The van der Waals surface area contributed by atoms with E-state index in [9.17, 15) is 0 Å². The molecule has 1 N–H and O–H groups in total. The zero-order valence-corrected chi connectivity index (χ0v) is 10.4. The summed E-state index contributed by atoms with van der Waals surface area (Å²) in [7, 11) is 0. The highest BCUT2D eigenvalue weighted by Gasteiger charge is 2.39. The minimum absolute atomic E-state index is 0.456. The van der Waals surface area contributed by atoms with Crippen LogP contribution in [0.4, 0.5) is 0 Å². The molecule has 1 fully saturated rings. The van der Waals surface area contributed by atoms with E-state index in [1.165, 1.54) is 43.2 Å². The van der Waals surface area contributed by atoms with E-state index in [1.54, 1.807) is 11.1 Å². The summed E-state index contributed by atoms with van der Waals surface area (Å²) in [6.07, 6.45) is 5.27. The van der Waals surface area contributed by atoms with Crippen molar-refractivity contribution in [3.63, 3.8) is 0 Å². The van der Waals surface area contributed by atoms with Crippen LogP contribution < -0.4 is 5.32 Å². The van der Waals surface area contributed by atoms with E-state index in [0.29, 0.717) is 5.41 Å². The number of halogens is 1. The largest absolute Gasteiger partial charge is 0.316 e. The highest BCUT2D eigenvalue weighted by molar-refractivity contribution is 9.10. The van der Waals surface area contributed by atoms with Crippen LogP contribution in [0.15, 0.2) is 22.7 Å². The van der Waals surface area contributed by atoms with Crippen LogP contribution in [0.3, 0.4) is 0 Å². The summed E-state index contributed by atoms with van der Waals surface area (Å²) in [4.78, 5) is 0. The zero-order valence-electron chi connectivity index (χ0n) is 8.85. The molecule has 1 spiro atoms. The van der Waals surface area contributed by atoms with Crippen LogP contribution in [-0.2, 0) is 11.8 Å². The molecule has 1 atom stereocenters. The number of benzene rings is 1. The van der Waals surface area contributed by atoms with Crippen LogP contribution in [0.25, 0.3) is 0 Å². The molecule has 1 nitrogen and oxygen atoms in total. The Morgan fingerprint density at radius 3 is 3.00 bits per heavy atom. The Morgan fingerprint density at radius 1 is 1.27 bits per heavy atom. The normalized spacial score (nSPS) is 29.4. The Bertz CT molecular complexity index is 380. The van der Waals surface area contributed by atoms with Crippen molar-refractivity contribution in [2.75, 3.05) is 13.1 Å². The molecule has 3 rings (SSSR count). The molecule has 1 saturated heterocycles. The van der Waals surface area contributed by atoms with Crippen LogP contribution in [0.2, 0.25) is 0 Å². The van der Waals surface area contributed by atoms with Gasteiger partial charge in [0, 0.05) is 16.4 Å². The molecule has 0 bridgehead atoms. The van der Waals surface area contributed by atoms with Crippen molar-refractivity contribution in [2.45, 2.75) is 31.1 Å². The van der Waals surface area contributed by atoms with Crippen molar-refractivity contribution < 1.29 is 0 Å². The summed E-state index contributed by atoms with van der Waals surface area (Å²) < 4.78 is 1.31. The van der Waals surface area contributed by atoms with Gasteiger partial charge in [0.2, 0.25) is 0 Å². The van der Waals surface area contributed by atoms with E-state index in [-0.39, 0.29) is 0 Å². The van der Waals surface area contributed by atoms with E-state index in [4.69, 9.17) is 0 Å². The highest BCUT2D eigenvalue weighted by atomic mass is 79.9. The van der Waals surface area contributed by atoms with Gasteiger partial charge in [-0.25, -0.2) is 0 Å². The van der Waals surface area contributed by atoms with Gasteiger partial charge in [0.1, 0.15) is 0 Å². The summed E-state index contributed by atoms with van der Waals surface area (Å²) in [5.74, 6) is 0. The van der Waals surface area contributed by atoms with E-state index in [2.05, 4.69) is 39.4 Å². The Kier molecular flexibility index (Phi) is 2.37. The fraction of sp³-hybridized carbons (Fsp3) is 0.538. The van der Waals surface area contributed by atoms with Crippen LogP contribution >= 0.6 is 15.9 Å². The Labute approximate surface area is 99.4 Å². The molecule has 1 aliphatic heterocycles. The summed E-state index contributed by atoms with van der Waals surface area (Å²) >= 11 is 3.69. The monoisotopic (exact) mass is 265 g/mol. The van der Waals surface area contributed by atoms with Gasteiger partial charge < -0.3 is 5.32 Å². The van der Waals surface area contributed by atoms with Gasteiger partial charge in [0.05, 0.1) is 0 Å². The minimum Gasteiger partial charge on any atom is -0.316 e. The predicted octanol–water partition coefficient (Wildman–Crippen LogP) is 3.02. The SMILES string of the molecule is Brc1cccc2c1CCCC21CCNC1. The molecule has 1 aromatic rings. The van der Waals surface area contributed by atoms with Gasteiger partial charge in [0.25, 0.3) is 0 Å². The lowest BCUT2D eigenvalue weighted by Crippen LogP contribution is -2.33. The van der Waals surface area contributed by atoms with Crippen molar-refractivity contribution in [3.8, 4) is 0 Å². The molecule has 80 valence electrons. The van der Waals surface area contributed by atoms with Gasteiger partial charge in [-0.1, -0.05) is 28.1 Å². The summed E-state index contributed by atoms with van der Waals surface area (Å²) in [6.45, 7) is 2.36. The minimum atomic E-state index is 0.456. The van der Waals surface area contributed by atoms with Gasteiger partial charge >= 0.3 is 0 Å². The topological polar surface area (TPSA) is 12.0 Å². The van der Waals surface area contributed by atoms with Crippen LogP contribution in [0.5, 0.6) is 0 Å². The average Bonchev–Trinajstić information content (AvgIpc) is 2.70. The van der Waals surface area contributed by atoms with Crippen molar-refractivity contribution in [2.24, 2.45) is 0 Å². The van der Waals surface area contributed by atoms with E-state index in [0.717, 1.165) is 0 Å². The van der Waals surface area contributed by atoms with Gasteiger partial charge in [-0.05, 0) is 49.4 Å².